The average molecular weight is 252 g/mol. The Bertz CT molecular complexity index is 295. The van der Waals surface area contributed by atoms with Crippen LogP contribution < -0.4 is 5.73 Å². The van der Waals surface area contributed by atoms with Crippen LogP contribution >= 0.6 is 0 Å². The molecule has 1 saturated heterocycles. The van der Waals surface area contributed by atoms with Crippen molar-refractivity contribution >= 4 is 5.91 Å². The molecule has 18 heavy (non-hydrogen) atoms. The largest absolute Gasteiger partial charge is 0.337 e. The minimum absolute atomic E-state index is 0.0522. The van der Waals surface area contributed by atoms with Crippen molar-refractivity contribution in [3.05, 3.63) is 0 Å². The standard InChI is InChI=1S/C15H28N2O/c1-15(2)11-13(16)8-9-17(15)14(18)10-12-6-4-3-5-7-12/h12-13H,3-11,16H2,1-2H3. The summed E-state index contributed by atoms with van der Waals surface area (Å²) >= 11 is 0. The molecule has 1 unspecified atom stereocenters. The van der Waals surface area contributed by atoms with Crippen LogP contribution in [0.3, 0.4) is 0 Å². The zero-order valence-electron chi connectivity index (χ0n) is 12.0. The van der Waals surface area contributed by atoms with E-state index in [4.69, 9.17) is 5.73 Å². The third-order valence-electron chi connectivity index (χ3n) is 4.71. The van der Waals surface area contributed by atoms with Gasteiger partial charge in [-0.15, -0.1) is 0 Å². The third-order valence-corrected chi connectivity index (χ3v) is 4.71. The average Bonchev–Trinajstić information content (AvgIpc) is 2.28. The fraction of sp³-hybridized carbons (Fsp3) is 0.933. The highest BCUT2D eigenvalue weighted by atomic mass is 16.2. The normalized spacial score (nSPS) is 29.3. The summed E-state index contributed by atoms with van der Waals surface area (Å²) in [6, 6.07) is 0.263. The Labute approximate surface area is 111 Å². The van der Waals surface area contributed by atoms with Gasteiger partial charge in [0.15, 0.2) is 0 Å². The Morgan fingerprint density at radius 3 is 2.50 bits per heavy atom. The van der Waals surface area contributed by atoms with Gasteiger partial charge >= 0.3 is 0 Å². The number of likely N-dealkylation sites (tertiary alicyclic amines) is 1. The highest BCUT2D eigenvalue weighted by Gasteiger charge is 2.36. The molecule has 1 amide bonds. The van der Waals surface area contributed by atoms with Gasteiger partial charge in [0, 0.05) is 24.5 Å². The molecule has 0 aromatic rings. The summed E-state index contributed by atoms with van der Waals surface area (Å²) in [6.07, 6.45) is 9.13. The molecular formula is C15H28N2O. The second-order valence-corrected chi connectivity index (χ2v) is 6.82. The van der Waals surface area contributed by atoms with Crippen molar-refractivity contribution in [1.29, 1.82) is 0 Å². The predicted molar refractivity (Wildman–Crippen MR) is 74.2 cm³/mol. The maximum Gasteiger partial charge on any atom is 0.223 e. The van der Waals surface area contributed by atoms with E-state index in [-0.39, 0.29) is 11.6 Å². The molecule has 3 nitrogen and oxygen atoms in total. The summed E-state index contributed by atoms with van der Waals surface area (Å²) in [4.78, 5) is 14.6. The molecule has 0 aromatic heterocycles. The topological polar surface area (TPSA) is 46.3 Å². The summed E-state index contributed by atoms with van der Waals surface area (Å²) in [5.41, 5.74) is 5.97. The van der Waals surface area contributed by atoms with Crippen LogP contribution in [0.4, 0.5) is 0 Å². The number of rotatable bonds is 2. The first-order valence-corrected chi connectivity index (χ1v) is 7.55. The Balaban J connectivity index is 1.91. The van der Waals surface area contributed by atoms with Crippen LogP contribution in [0.25, 0.3) is 0 Å². The van der Waals surface area contributed by atoms with Crippen LogP contribution in [0.1, 0.15) is 65.2 Å². The van der Waals surface area contributed by atoms with E-state index < -0.39 is 0 Å². The lowest BCUT2D eigenvalue weighted by atomic mass is 9.84. The van der Waals surface area contributed by atoms with Crippen molar-refractivity contribution in [3.63, 3.8) is 0 Å². The summed E-state index contributed by atoms with van der Waals surface area (Å²) in [5, 5.41) is 0. The molecule has 2 rings (SSSR count). The predicted octanol–water partition coefficient (Wildman–Crippen LogP) is 2.69. The second kappa shape index (κ2) is 5.60. The molecule has 0 aromatic carbocycles. The molecule has 2 fully saturated rings. The minimum Gasteiger partial charge on any atom is -0.337 e. The molecule has 0 bridgehead atoms. The van der Waals surface area contributed by atoms with Crippen LogP contribution in [-0.4, -0.2) is 28.9 Å². The SMILES string of the molecule is CC1(C)CC(N)CCN1C(=O)CC1CCCCC1. The first-order chi connectivity index (χ1) is 8.49. The molecule has 1 atom stereocenters. The van der Waals surface area contributed by atoms with Gasteiger partial charge in [-0.05, 0) is 45.4 Å². The highest BCUT2D eigenvalue weighted by molar-refractivity contribution is 5.77. The van der Waals surface area contributed by atoms with E-state index in [9.17, 15) is 4.79 Å². The number of nitrogens with two attached hydrogens (primary N) is 1. The van der Waals surface area contributed by atoms with Gasteiger partial charge in [0.05, 0.1) is 0 Å². The number of hydrogen-bond acceptors (Lipinski definition) is 2. The van der Waals surface area contributed by atoms with E-state index in [1.54, 1.807) is 0 Å². The van der Waals surface area contributed by atoms with E-state index in [1.165, 1.54) is 32.1 Å². The van der Waals surface area contributed by atoms with E-state index in [0.717, 1.165) is 25.8 Å². The zero-order chi connectivity index (χ0) is 13.2. The van der Waals surface area contributed by atoms with E-state index >= 15 is 0 Å². The first kappa shape index (κ1) is 13.9. The quantitative estimate of drug-likeness (QED) is 0.821. The van der Waals surface area contributed by atoms with Crippen LogP contribution in [0.15, 0.2) is 0 Å². The van der Waals surface area contributed by atoms with Gasteiger partial charge in [0.25, 0.3) is 0 Å². The maximum atomic E-state index is 12.5. The minimum atomic E-state index is -0.0522. The molecule has 1 heterocycles. The summed E-state index contributed by atoms with van der Waals surface area (Å²) in [7, 11) is 0. The molecular weight excluding hydrogens is 224 g/mol. The van der Waals surface area contributed by atoms with Crippen molar-refractivity contribution in [2.45, 2.75) is 76.8 Å². The number of hydrogen-bond donors (Lipinski definition) is 1. The monoisotopic (exact) mass is 252 g/mol. The number of amides is 1. The fourth-order valence-corrected chi connectivity index (χ4v) is 3.66. The molecule has 2 N–H and O–H groups in total. The van der Waals surface area contributed by atoms with Crippen molar-refractivity contribution < 1.29 is 4.79 Å². The summed E-state index contributed by atoms with van der Waals surface area (Å²) in [6.45, 7) is 5.16. The van der Waals surface area contributed by atoms with E-state index in [2.05, 4.69) is 18.7 Å². The number of piperidine rings is 1. The van der Waals surface area contributed by atoms with Gasteiger partial charge in [0.1, 0.15) is 0 Å². The number of nitrogens with zero attached hydrogens (tertiary/aromatic N) is 1. The molecule has 1 aliphatic carbocycles. The van der Waals surface area contributed by atoms with Crippen molar-refractivity contribution in [2.24, 2.45) is 11.7 Å². The lowest BCUT2D eigenvalue weighted by Crippen LogP contribution is -2.56. The van der Waals surface area contributed by atoms with Crippen molar-refractivity contribution in [3.8, 4) is 0 Å². The molecule has 104 valence electrons. The van der Waals surface area contributed by atoms with Gasteiger partial charge in [-0.25, -0.2) is 0 Å². The summed E-state index contributed by atoms with van der Waals surface area (Å²) in [5.74, 6) is 0.997. The van der Waals surface area contributed by atoms with Gasteiger partial charge in [0.2, 0.25) is 5.91 Å². The Morgan fingerprint density at radius 1 is 1.22 bits per heavy atom. The third kappa shape index (κ3) is 3.25. The van der Waals surface area contributed by atoms with E-state index in [1.807, 2.05) is 0 Å². The summed E-state index contributed by atoms with van der Waals surface area (Å²) < 4.78 is 0. The van der Waals surface area contributed by atoms with Gasteiger partial charge in [-0.2, -0.15) is 0 Å². The lowest BCUT2D eigenvalue weighted by molar-refractivity contribution is -0.140. The molecule has 1 saturated carbocycles. The molecule has 0 spiro atoms. The van der Waals surface area contributed by atoms with Crippen LogP contribution in [0, 0.1) is 5.92 Å². The first-order valence-electron chi connectivity index (χ1n) is 7.55. The van der Waals surface area contributed by atoms with Crippen LogP contribution in [0.2, 0.25) is 0 Å². The Kier molecular flexibility index (Phi) is 4.31. The maximum absolute atomic E-state index is 12.5. The van der Waals surface area contributed by atoms with Gasteiger partial charge in [-0.1, -0.05) is 19.3 Å². The smallest absolute Gasteiger partial charge is 0.223 e. The lowest BCUT2D eigenvalue weighted by Gasteiger charge is -2.45. The van der Waals surface area contributed by atoms with Crippen molar-refractivity contribution in [1.82, 2.24) is 4.90 Å². The molecule has 3 heteroatoms. The number of carbonyl (C=O) groups is 1. The Morgan fingerprint density at radius 2 is 1.89 bits per heavy atom. The number of carbonyl (C=O) groups excluding carboxylic acids is 1. The highest BCUT2D eigenvalue weighted by Crippen LogP contribution is 2.31. The fourth-order valence-electron chi connectivity index (χ4n) is 3.66. The van der Waals surface area contributed by atoms with Crippen LogP contribution in [0.5, 0.6) is 0 Å². The second-order valence-electron chi connectivity index (χ2n) is 6.82. The van der Waals surface area contributed by atoms with E-state index in [0.29, 0.717) is 11.8 Å². The zero-order valence-corrected chi connectivity index (χ0v) is 12.0. The molecule has 2 aliphatic rings. The molecule has 0 radical (unpaired) electrons. The van der Waals surface area contributed by atoms with Gasteiger partial charge in [-0.3, -0.25) is 4.79 Å². The Hall–Kier alpha value is -0.570. The van der Waals surface area contributed by atoms with Gasteiger partial charge < -0.3 is 10.6 Å². The van der Waals surface area contributed by atoms with Crippen molar-refractivity contribution in [2.75, 3.05) is 6.54 Å². The van der Waals surface area contributed by atoms with Crippen LogP contribution in [-0.2, 0) is 4.79 Å². The molecule has 1 aliphatic heterocycles.